The molecule has 1 fully saturated rings. The van der Waals surface area contributed by atoms with E-state index in [1.54, 1.807) is 54.3 Å². The van der Waals surface area contributed by atoms with Crippen LogP contribution in [-0.2, 0) is 16.1 Å². The summed E-state index contributed by atoms with van der Waals surface area (Å²) in [6, 6.07) is 11.8. The topological polar surface area (TPSA) is 93.2 Å². The zero-order valence-electron chi connectivity index (χ0n) is 19.4. The molecule has 8 heteroatoms. The molecule has 0 aromatic heterocycles. The third-order valence-electron chi connectivity index (χ3n) is 6.12. The molecule has 0 radical (unpaired) electrons. The number of benzene rings is 2. The molecule has 0 saturated carbocycles. The number of ether oxygens (including phenoxy) is 2. The van der Waals surface area contributed by atoms with Crippen LogP contribution in [0.3, 0.4) is 0 Å². The van der Waals surface area contributed by atoms with Crippen LogP contribution in [0.25, 0.3) is 0 Å². The van der Waals surface area contributed by atoms with Crippen molar-refractivity contribution in [3.63, 3.8) is 0 Å². The number of carbonyl (C=O) groups is 4. The number of amides is 3. The van der Waals surface area contributed by atoms with E-state index < -0.39 is 0 Å². The van der Waals surface area contributed by atoms with Gasteiger partial charge in [0.1, 0.15) is 5.75 Å². The number of esters is 1. The Morgan fingerprint density at radius 3 is 2.35 bits per heavy atom. The van der Waals surface area contributed by atoms with Crippen LogP contribution < -0.4 is 4.74 Å². The van der Waals surface area contributed by atoms with Gasteiger partial charge < -0.3 is 14.4 Å². The molecule has 1 atom stereocenters. The smallest absolute Gasteiger partial charge is 0.310 e. The van der Waals surface area contributed by atoms with Crippen molar-refractivity contribution in [1.29, 1.82) is 0 Å². The number of nitrogens with zero attached hydrogens (tertiary/aromatic N) is 2. The minimum atomic E-state index is -0.352. The highest BCUT2D eigenvalue weighted by Crippen LogP contribution is 2.28. The van der Waals surface area contributed by atoms with Gasteiger partial charge in [0.15, 0.2) is 0 Å². The molecule has 34 heavy (non-hydrogen) atoms. The molecule has 1 saturated heterocycles. The van der Waals surface area contributed by atoms with Crippen LogP contribution in [0.2, 0.25) is 0 Å². The van der Waals surface area contributed by atoms with Crippen LogP contribution in [0.4, 0.5) is 0 Å². The molecule has 2 heterocycles. The zero-order valence-corrected chi connectivity index (χ0v) is 19.4. The quantitative estimate of drug-likeness (QED) is 0.461. The van der Waals surface area contributed by atoms with E-state index >= 15 is 0 Å². The van der Waals surface area contributed by atoms with E-state index in [1.807, 2.05) is 6.92 Å². The summed E-state index contributed by atoms with van der Waals surface area (Å²) in [4.78, 5) is 54.0. The van der Waals surface area contributed by atoms with Crippen molar-refractivity contribution in [2.75, 3.05) is 26.3 Å². The van der Waals surface area contributed by atoms with E-state index in [-0.39, 0.29) is 42.7 Å². The Labute approximate surface area is 198 Å². The summed E-state index contributed by atoms with van der Waals surface area (Å²) in [6.45, 7) is 5.14. The predicted octanol–water partition coefficient (Wildman–Crippen LogP) is 3.30. The summed E-state index contributed by atoms with van der Waals surface area (Å²) >= 11 is 0. The Balaban J connectivity index is 1.57. The van der Waals surface area contributed by atoms with Gasteiger partial charge in [-0.05, 0) is 56.5 Å². The van der Waals surface area contributed by atoms with Crippen molar-refractivity contribution in [3.8, 4) is 5.75 Å². The summed E-state index contributed by atoms with van der Waals surface area (Å²) in [5.74, 6) is -1.16. The van der Waals surface area contributed by atoms with E-state index in [0.29, 0.717) is 60.6 Å². The maximum absolute atomic E-state index is 13.5. The minimum Gasteiger partial charge on any atom is -0.493 e. The lowest BCUT2D eigenvalue weighted by Crippen LogP contribution is -2.43. The van der Waals surface area contributed by atoms with Gasteiger partial charge >= 0.3 is 5.97 Å². The maximum atomic E-state index is 13.5. The van der Waals surface area contributed by atoms with Gasteiger partial charge in [0.25, 0.3) is 17.7 Å². The first-order valence-corrected chi connectivity index (χ1v) is 11.6. The summed E-state index contributed by atoms with van der Waals surface area (Å²) in [5, 5.41) is 0. The Bertz CT molecular complexity index is 1090. The Morgan fingerprint density at radius 1 is 1.00 bits per heavy atom. The summed E-state index contributed by atoms with van der Waals surface area (Å²) < 4.78 is 10.8. The lowest BCUT2D eigenvalue weighted by atomic mass is 9.97. The number of piperidine rings is 1. The number of imide groups is 1. The molecule has 0 N–H and O–H groups in total. The Kier molecular flexibility index (Phi) is 6.95. The summed E-state index contributed by atoms with van der Waals surface area (Å²) in [7, 11) is 0. The average molecular weight is 465 g/mol. The highest BCUT2D eigenvalue weighted by Gasteiger charge is 2.35. The molecule has 3 amide bonds. The lowest BCUT2D eigenvalue weighted by molar-refractivity contribution is -0.149. The number of hydrogen-bond donors (Lipinski definition) is 0. The lowest BCUT2D eigenvalue weighted by Gasteiger charge is -2.32. The third kappa shape index (κ3) is 4.53. The van der Waals surface area contributed by atoms with Crippen LogP contribution in [0.1, 0.15) is 63.3 Å². The van der Waals surface area contributed by atoms with Crippen LogP contribution in [0, 0.1) is 5.92 Å². The van der Waals surface area contributed by atoms with Gasteiger partial charge in [-0.15, -0.1) is 0 Å². The fourth-order valence-corrected chi connectivity index (χ4v) is 4.47. The predicted molar refractivity (Wildman–Crippen MR) is 124 cm³/mol. The SMILES string of the molecule is CCOC(=O)C1CCCN(C(=O)c2cc(CN3C(=O)c4ccccc4C3=O)ccc2OCC)C1. The van der Waals surface area contributed by atoms with Gasteiger partial charge in [-0.1, -0.05) is 18.2 Å². The number of likely N-dealkylation sites (tertiary alicyclic amines) is 1. The molecule has 0 bridgehead atoms. The van der Waals surface area contributed by atoms with Crippen molar-refractivity contribution in [1.82, 2.24) is 9.80 Å². The number of carbonyl (C=O) groups excluding carboxylic acids is 4. The zero-order chi connectivity index (χ0) is 24.2. The second-order valence-electron chi connectivity index (χ2n) is 8.35. The molecular weight excluding hydrogens is 436 g/mol. The standard InChI is InChI=1S/C26H28N2O6/c1-3-33-22-12-11-17(15-28-24(30)19-9-5-6-10-20(19)25(28)31)14-21(22)23(29)27-13-7-8-18(16-27)26(32)34-4-2/h5-6,9-12,14,18H,3-4,7-8,13,15-16H2,1-2H3. The summed E-state index contributed by atoms with van der Waals surface area (Å²) in [5.41, 5.74) is 1.75. The fraction of sp³-hybridized carbons (Fsp3) is 0.385. The van der Waals surface area contributed by atoms with Crippen molar-refractivity contribution in [3.05, 3.63) is 64.7 Å². The van der Waals surface area contributed by atoms with Crippen molar-refractivity contribution in [2.45, 2.75) is 33.2 Å². The molecule has 2 aliphatic rings. The van der Waals surface area contributed by atoms with Crippen molar-refractivity contribution >= 4 is 23.7 Å². The van der Waals surface area contributed by atoms with Gasteiger partial charge in [0, 0.05) is 13.1 Å². The van der Waals surface area contributed by atoms with Crippen LogP contribution in [-0.4, -0.2) is 59.8 Å². The van der Waals surface area contributed by atoms with Crippen LogP contribution >= 0.6 is 0 Å². The van der Waals surface area contributed by atoms with Crippen LogP contribution in [0.15, 0.2) is 42.5 Å². The molecule has 2 aromatic rings. The molecule has 4 rings (SSSR count). The van der Waals surface area contributed by atoms with Crippen molar-refractivity contribution < 1.29 is 28.7 Å². The number of hydrogen-bond acceptors (Lipinski definition) is 6. The highest BCUT2D eigenvalue weighted by molar-refractivity contribution is 6.21. The molecule has 2 aromatic carbocycles. The van der Waals surface area contributed by atoms with Gasteiger partial charge in [-0.3, -0.25) is 24.1 Å². The largest absolute Gasteiger partial charge is 0.493 e. The van der Waals surface area contributed by atoms with E-state index in [9.17, 15) is 19.2 Å². The Hall–Kier alpha value is -3.68. The number of rotatable bonds is 7. The van der Waals surface area contributed by atoms with Crippen LogP contribution in [0.5, 0.6) is 5.75 Å². The molecule has 178 valence electrons. The first-order chi connectivity index (χ1) is 16.4. The van der Waals surface area contributed by atoms with E-state index in [1.165, 1.54) is 4.90 Å². The van der Waals surface area contributed by atoms with Gasteiger partial charge in [0.2, 0.25) is 0 Å². The fourth-order valence-electron chi connectivity index (χ4n) is 4.47. The molecule has 0 spiro atoms. The summed E-state index contributed by atoms with van der Waals surface area (Å²) in [6.07, 6.45) is 1.38. The van der Waals surface area contributed by atoms with Gasteiger partial charge in [-0.2, -0.15) is 0 Å². The first kappa shape index (κ1) is 23.5. The van der Waals surface area contributed by atoms with Gasteiger partial charge in [0.05, 0.1) is 42.4 Å². The van der Waals surface area contributed by atoms with E-state index in [4.69, 9.17) is 9.47 Å². The first-order valence-electron chi connectivity index (χ1n) is 11.6. The molecule has 2 aliphatic heterocycles. The monoisotopic (exact) mass is 464 g/mol. The average Bonchev–Trinajstić information content (AvgIpc) is 3.10. The van der Waals surface area contributed by atoms with Gasteiger partial charge in [-0.25, -0.2) is 0 Å². The third-order valence-corrected chi connectivity index (χ3v) is 6.12. The van der Waals surface area contributed by atoms with E-state index in [0.717, 1.165) is 0 Å². The van der Waals surface area contributed by atoms with Crippen molar-refractivity contribution in [2.24, 2.45) is 5.92 Å². The maximum Gasteiger partial charge on any atom is 0.310 e. The molecule has 8 nitrogen and oxygen atoms in total. The molecule has 1 unspecified atom stereocenters. The normalized spacial score (nSPS) is 17.5. The second kappa shape index (κ2) is 10.1. The number of fused-ring (bicyclic) bond motifs is 1. The second-order valence-corrected chi connectivity index (χ2v) is 8.35. The minimum absolute atomic E-state index is 0.0461. The molecular formula is C26H28N2O6. The molecule has 0 aliphatic carbocycles. The highest BCUT2D eigenvalue weighted by atomic mass is 16.5. The van der Waals surface area contributed by atoms with E-state index in [2.05, 4.69) is 0 Å². The Morgan fingerprint density at radius 2 is 1.71 bits per heavy atom.